The predicted octanol–water partition coefficient (Wildman–Crippen LogP) is 1.35. The molecule has 0 saturated heterocycles. The molecule has 0 aromatic carbocycles. The van der Waals surface area contributed by atoms with Crippen molar-refractivity contribution >= 4 is 0 Å². The highest BCUT2D eigenvalue weighted by Gasteiger charge is 2.01. The fourth-order valence-electron chi connectivity index (χ4n) is 0.668. The molecule has 0 aliphatic heterocycles. The molecule has 0 fully saturated rings. The van der Waals surface area contributed by atoms with Gasteiger partial charge in [-0.1, -0.05) is 6.08 Å². The molecule has 0 spiro atoms. The number of halogens is 1. The summed E-state index contributed by atoms with van der Waals surface area (Å²) in [6.45, 7) is 0. The Kier molecular flexibility index (Phi) is 1.33. The molecule has 0 heterocycles. The van der Waals surface area contributed by atoms with Crippen molar-refractivity contribution in [1.82, 2.24) is 5.32 Å². The van der Waals surface area contributed by atoms with Crippen molar-refractivity contribution in [2.45, 2.75) is 6.42 Å². The van der Waals surface area contributed by atoms with Crippen molar-refractivity contribution in [3.8, 4) is 0 Å². The molecule has 0 unspecified atom stereocenters. The minimum absolute atomic E-state index is 0.0608. The van der Waals surface area contributed by atoms with Crippen LogP contribution in [0.4, 0.5) is 4.39 Å². The second-order valence-electron chi connectivity index (χ2n) is 1.70. The van der Waals surface area contributed by atoms with E-state index in [1.165, 1.54) is 6.08 Å². The van der Waals surface area contributed by atoms with Gasteiger partial charge in [-0.25, -0.2) is 4.39 Å². The van der Waals surface area contributed by atoms with Crippen molar-refractivity contribution in [2.75, 3.05) is 7.05 Å². The molecule has 44 valence electrons. The third kappa shape index (κ3) is 0.886. The van der Waals surface area contributed by atoms with Gasteiger partial charge in [-0.3, -0.25) is 0 Å². The molecule has 0 aromatic rings. The summed E-state index contributed by atoms with van der Waals surface area (Å²) in [7, 11) is 1.78. The first kappa shape index (κ1) is 5.35. The van der Waals surface area contributed by atoms with Crippen LogP contribution in [-0.2, 0) is 0 Å². The molecule has 2 heteroatoms. The topological polar surface area (TPSA) is 12.0 Å². The molecule has 0 bridgehead atoms. The second-order valence-corrected chi connectivity index (χ2v) is 1.70. The lowest BCUT2D eigenvalue weighted by Gasteiger charge is -1.90. The highest BCUT2D eigenvalue weighted by Crippen LogP contribution is 2.14. The maximum atomic E-state index is 12.1. The summed E-state index contributed by atoms with van der Waals surface area (Å²) in [4.78, 5) is 0. The van der Waals surface area contributed by atoms with Crippen molar-refractivity contribution in [3.63, 3.8) is 0 Å². The molecular formula is C6H8FN. The van der Waals surface area contributed by atoms with Gasteiger partial charge in [-0.2, -0.15) is 0 Å². The zero-order valence-electron chi connectivity index (χ0n) is 4.74. The van der Waals surface area contributed by atoms with Gasteiger partial charge in [0.15, 0.2) is 0 Å². The van der Waals surface area contributed by atoms with Crippen molar-refractivity contribution in [2.24, 2.45) is 0 Å². The van der Waals surface area contributed by atoms with Crippen LogP contribution in [0.3, 0.4) is 0 Å². The summed E-state index contributed by atoms with van der Waals surface area (Å²) in [5, 5.41) is 2.84. The summed E-state index contributed by atoms with van der Waals surface area (Å²) in [6.07, 6.45) is 3.77. The first-order valence-electron chi connectivity index (χ1n) is 2.57. The van der Waals surface area contributed by atoms with E-state index in [4.69, 9.17) is 0 Å². The summed E-state index contributed by atoms with van der Waals surface area (Å²) in [5.41, 5.74) is 0.877. The normalized spacial score (nSPS) is 17.8. The molecule has 0 aromatic heterocycles. The van der Waals surface area contributed by atoms with E-state index >= 15 is 0 Å². The fourth-order valence-corrected chi connectivity index (χ4v) is 0.668. The van der Waals surface area contributed by atoms with Crippen molar-refractivity contribution < 1.29 is 4.39 Å². The summed E-state index contributed by atoms with van der Waals surface area (Å²) >= 11 is 0. The minimum atomic E-state index is -0.0608. The lowest BCUT2D eigenvalue weighted by atomic mass is 10.4. The van der Waals surface area contributed by atoms with Gasteiger partial charge in [0.25, 0.3) is 0 Å². The van der Waals surface area contributed by atoms with E-state index in [-0.39, 0.29) is 5.83 Å². The number of nitrogens with one attached hydrogen (secondary N) is 1. The zero-order chi connectivity index (χ0) is 5.98. The maximum absolute atomic E-state index is 12.1. The fraction of sp³-hybridized carbons (Fsp3) is 0.333. The standard InChI is InChI=1S/C6H8FN/c1-8-6-3-2-5(7)4-6/h3-4,8H,2H2,1H3. The van der Waals surface area contributed by atoms with Gasteiger partial charge < -0.3 is 5.32 Å². The molecular weight excluding hydrogens is 105 g/mol. The lowest BCUT2D eigenvalue weighted by molar-refractivity contribution is 0.623. The Bertz CT molecular complexity index is 147. The van der Waals surface area contributed by atoms with Crippen LogP contribution in [0.5, 0.6) is 0 Å². The monoisotopic (exact) mass is 113 g/mol. The van der Waals surface area contributed by atoms with Gasteiger partial charge in [0, 0.05) is 19.2 Å². The van der Waals surface area contributed by atoms with Gasteiger partial charge in [-0.05, 0) is 6.08 Å². The first-order chi connectivity index (χ1) is 3.83. The third-order valence-corrected chi connectivity index (χ3v) is 1.12. The smallest absolute Gasteiger partial charge is 0.106 e. The molecule has 0 atom stereocenters. The molecule has 1 aliphatic rings. The van der Waals surface area contributed by atoms with Gasteiger partial charge in [0.2, 0.25) is 0 Å². The van der Waals surface area contributed by atoms with E-state index in [1.807, 2.05) is 6.08 Å². The van der Waals surface area contributed by atoms with Crippen LogP contribution < -0.4 is 5.32 Å². The number of rotatable bonds is 1. The Labute approximate surface area is 47.9 Å². The van der Waals surface area contributed by atoms with Crippen LogP contribution in [0.15, 0.2) is 23.7 Å². The highest BCUT2D eigenvalue weighted by atomic mass is 19.1. The van der Waals surface area contributed by atoms with Crippen LogP contribution in [0.1, 0.15) is 6.42 Å². The molecule has 0 amide bonds. The second kappa shape index (κ2) is 1.99. The summed E-state index contributed by atoms with van der Waals surface area (Å²) < 4.78 is 12.1. The Hall–Kier alpha value is -0.790. The van der Waals surface area contributed by atoms with Gasteiger partial charge in [-0.15, -0.1) is 0 Å². The average Bonchev–Trinajstić information content (AvgIpc) is 2.14. The van der Waals surface area contributed by atoms with Crippen LogP contribution in [0.2, 0.25) is 0 Å². The number of likely N-dealkylation sites (N-methyl/N-ethyl adjacent to an activating group) is 1. The zero-order valence-corrected chi connectivity index (χ0v) is 4.74. The van der Waals surface area contributed by atoms with Crippen LogP contribution in [-0.4, -0.2) is 7.05 Å². The van der Waals surface area contributed by atoms with Crippen LogP contribution >= 0.6 is 0 Å². The molecule has 0 saturated carbocycles. The Morgan fingerprint density at radius 3 is 2.75 bits per heavy atom. The minimum Gasteiger partial charge on any atom is -0.388 e. The largest absolute Gasteiger partial charge is 0.388 e. The molecule has 0 radical (unpaired) electrons. The molecule has 1 nitrogen and oxygen atoms in total. The molecule has 1 N–H and O–H groups in total. The maximum Gasteiger partial charge on any atom is 0.106 e. The number of hydrogen-bond donors (Lipinski definition) is 1. The third-order valence-electron chi connectivity index (χ3n) is 1.12. The summed E-state index contributed by atoms with van der Waals surface area (Å²) in [6, 6.07) is 0. The van der Waals surface area contributed by atoms with Gasteiger partial charge in [0.05, 0.1) is 0 Å². The van der Waals surface area contributed by atoms with E-state index in [1.54, 1.807) is 7.05 Å². The Morgan fingerprint density at radius 1 is 1.75 bits per heavy atom. The number of allylic oxidation sites excluding steroid dienone is 3. The van der Waals surface area contributed by atoms with Crippen molar-refractivity contribution in [3.05, 3.63) is 23.7 Å². The van der Waals surface area contributed by atoms with E-state index in [0.717, 1.165) is 5.70 Å². The quantitative estimate of drug-likeness (QED) is 0.541. The van der Waals surface area contributed by atoms with E-state index < -0.39 is 0 Å². The molecule has 1 aliphatic carbocycles. The van der Waals surface area contributed by atoms with E-state index in [9.17, 15) is 4.39 Å². The van der Waals surface area contributed by atoms with E-state index in [0.29, 0.717) is 6.42 Å². The molecule has 1 rings (SSSR count). The van der Waals surface area contributed by atoms with Gasteiger partial charge >= 0.3 is 0 Å². The first-order valence-corrected chi connectivity index (χ1v) is 2.57. The SMILES string of the molecule is CNC1=CCC(F)=C1. The van der Waals surface area contributed by atoms with E-state index in [2.05, 4.69) is 5.32 Å². The molecule has 8 heavy (non-hydrogen) atoms. The van der Waals surface area contributed by atoms with Crippen LogP contribution in [0, 0.1) is 0 Å². The lowest BCUT2D eigenvalue weighted by Crippen LogP contribution is -2.00. The average molecular weight is 113 g/mol. The number of hydrogen-bond acceptors (Lipinski definition) is 1. The van der Waals surface area contributed by atoms with Gasteiger partial charge in [0.1, 0.15) is 5.83 Å². The van der Waals surface area contributed by atoms with Crippen LogP contribution in [0.25, 0.3) is 0 Å². The Balaban J connectivity index is 2.58. The van der Waals surface area contributed by atoms with Crippen molar-refractivity contribution in [1.29, 1.82) is 0 Å². The predicted molar refractivity (Wildman–Crippen MR) is 31.0 cm³/mol. The highest BCUT2D eigenvalue weighted by molar-refractivity contribution is 5.27. The Morgan fingerprint density at radius 2 is 2.50 bits per heavy atom. The summed E-state index contributed by atoms with van der Waals surface area (Å²) in [5.74, 6) is -0.0608.